The number of amides is 1. The first-order valence-corrected chi connectivity index (χ1v) is 6.09. The summed E-state index contributed by atoms with van der Waals surface area (Å²) in [6.07, 6.45) is 4.30. The molecule has 3 nitrogen and oxygen atoms in total. The van der Waals surface area contributed by atoms with E-state index in [4.69, 9.17) is 0 Å². The predicted molar refractivity (Wildman–Crippen MR) is 64.3 cm³/mol. The minimum absolute atomic E-state index is 0.246. The second-order valence-corrected chi connectivity index (χ2v) is 4.77. The minimum atomic E-state index is 0.246. The van der Waals surface area contributed by atoms with E-state index in [2.05, 4.69) is 30.2 Å². The van der Waals surface area contributed by atoms with Crippen molar-refractivity contribution >= 4 is 5.91 Å². The fraction of sp³-hybridized carbons (Fsp3) is 0.615. The third-order valence-corrected chi connectivity index (χ3v) is 3.43. The lowest BCUT2D eigenvalue weighted by Crippen LogP contribution is -2.35. The molecule has 2 N–H and O–H groups in total. The van der Waals surface area contributed by atoms with E-state index in [1.807, 2.05) is 0 Å². The van der Waals surface area contributed by atoms with Gasteiger partial charge in [-0.1, -0.05) is 6.42 Å². The maximum atomic E-state index is 11.6. The number of carbonyl (C=O) groups excluding carboxylic acids is 1. The van der Waals surface area contributed by atoms with E-state index in [0.29, 0.717) is 5.92 Å². The van der Waals surface area contributed by atoms with Crippen LogP contribution < -0.4 is 5.32 Å². The second-order valence-electron chi connectivity index (χ2n) is 4.77. The molecule has 16 heavy (non-hydrogen) atoms. The zero-order chi connectivity index (χ0) is 11.5. The third-order valence-electron chi connectivity index (χ3n) is 3.43. The largest absolute Gasteiger partial charge is 0.362 e. The molecule has 1 amide bonds. The maximum absolute atomic E-state index is 11.6. The normalized spacial score (nSPS) is 15.9. The van der Waals surface area contributed by atoms with Crippen molar-refractivity contribution < 1.29 is 4.79 Å². The number of hydrogen-bond acceptors (Lipinski definition) is 1. The lowest BCUT2D eigenvalue weighted by molar-refractivity contribution is -0.127. The molecule has 1 fully saturated rings. The highest BCUT2D eigenvalue weighted by Crippen LogP contribution is 2.26. The van der Waals surface area contributed by atoms with Crippen LogP contribution in [-0.2, 0) is 11.2 Å². The lowest BCUT2D eigenvalue weighted by atomic mass is 9.85. The van der Waals surface area contributed by atoms with Crippen LogP contribution in [0.4, 0.5) is 0 Å². The van der Waals surface area contributed by atoms with Crippen LogP contribution in [0.2, 0.25) is 0 Å². The van der Waals surface area contributed by atoms with Crippen molar-refractivity contribution in [2.45, 2.75) is 39.5 Å². The summed E-state index contributed by atoms with van der Waals surface area (Å²) >= 11 is 0. The van der Waals surface area contributed by atoms with Gasteiger partial charge < -0.3 is 10.3 Å². The molecule has 1 aliphatic rings. The zero-order valence-corrected chi connectivity index (χ0v) is 10.1. The molecule has 88 valence electrons. The summed E-state index contributed by atoms with van der Waals surface area (Å²) in [5.74, 6) is 0.546. The summed E-state index contributed by atoms with van der Waals surface area (Å²) in [5, 5.41) is 3.02. The van der Waals surface area contributed by atoms with Gasteiger partial charge in [0.1, 0.15) is 0 Å². The van der Waals surface area contributed by atoms with Crippen LogP contribution in [0, 0.1) is 19.8 Å². The van der Waals surface area contributed by atoms with Crippen molar-refractivity contribution in [1.29, 1.82) is 0 Å². The van der Waals surface area contributed by atoms with Gasteiger partial charge in [-0.2, -0.15) is 0 Å². The Morgan fingerprint density at radius 3 is 2.75 bits per heavy atom. The van der Waals surface area contributed by atoms with E-state index in [1.54, 1.807) is 0 Å². The van der Waals surface area contributed by atoms with E-state index in [-0.39, 0.29) is 5.91 Å². The summed E-state index contributed by atoms with van der Waals surface area (Å²) in [5.41, 5.74) is 3.72. The topological polar surface area (TPSA) is 44.9 Å². The molecule has 0 spiro atoms. The number of hydrogen-bond donors (Lipinski definition) is 2. The van der Waals surface area contributed by atoms with Crippen LogP contribution in [0.5, 0.6) is 0 Å². The van der Waals surface area contributed by atoms with Gasteiger partial charge in [-0.3, -0.25) is 4.79 Å². The van der Waals surface area contributed by atoms with Crippen LogP contribution in [0.15, 0.2) is 6.07 Å². The van der Waals surface area contributed by atoms with Crippen molar-refractivity contribution in [2.75, 3.05) is 6.54 Å². The Hall–Kier alpha value is -1.25. The maximum Gasteiger partial charge on any atom is 0.223 e. The van der Waals surface area contributed by atoms with Gasteiger partial charge in [-0.05, 0) is 44.7 Å². The van der Waals surface area contributed by atoms with Crippen LogP contribution >= 0.6 is 0 Å². The Balaban J connectivity index is 1.75. The number of aromatic amines is 1. The van der Waals surface area contributed by atoms with Crippen molar-refractivity contribution in [3.8, 4) is 0 Å². The average molecular weight is 220 g/mol. The molecule has 1 aromatic rings. The van der Waals surface area contributed by atoms with Gasteiger partial charge in [-0.15, -0.1) is 0 Å². The fourth-order valence-electron chi connectivity index (χ4n) is 2.18. The first kappa shape index (κ1) is 11.2. The van der Waals surface area contributed by atoms with Gasteiger partial charge >= 0.3 is 0 Å². The highest BCUT2D eigenvalue weighted by atomic mass is 16.1. The van der Waals surface area contributed by atoms with E-state index in [9.17, 15) is 4.79 Å². The molecule has 2 rings (SSSR count). The van der Waals surface area contributed by atoms with Crippen molar-refractivity contribution in [3.05, 3.63) is 23.0 Å². The number of carbonyl (C=O) groups is 1. The molecule has 3 heteroatoms. The summed E-state index contributed by atoms with van der Waals surface area (Å²) < 4.78 is 0. The van der Waals surface area contributed by atoms with E-state index in [0.717, 1.165) is 25.8 Å². The molecule has 0 saturated heterocycles. The second kappa shape index (κ2) is 4.73. The number of rotatable bonds is 4. The zero-order valence-electron chi connectivity index (χ0n) is 10.1. The lowest BCUT2D eigenvalue weighted by Gasteiger charge is -2.23. The van der Waals surface area contributed by atoms with Gasteiger partial charge in [0.15, 0.2) is 0 Å². The molecular formula is C13H20N2O. The van der Waals surface area contributed by atoms with E-state index in [1.165, 1.54) is 23.4 Å². The Morgan fingerprint density at radius 1 is 1.50 bits per heavy atom. The van der Waals surface area contributed by atoms with Crippen LogP contribution in [0.3, 0.4) is 0 Å². The Morgan fingerprint density at radius 2 is 2.25 bits per heavy atom. The number of H-pyrrole nitrogens is 1. The van der Waals surface area contributed by atoms with E-state index >= 15 is 0 Å². The molecule has 0 unspecified atom stereocenters. The van der Waals surface area contributed by atoms with Gasteiger partial charge in [0.05, 0.1) is 0 Å². The highest BCUT2D eigenvalue weighted by molar-refractivity contribution is 5.79. The van der Waals surface area contributed by atoms with Gasteiger partial charge in [0.2, 0.25) is 5.91 Å². The molecule has 0 aromatic carbocycles. The van der Waals surface area contributed by atoms with Crippen LogP contribution in [0.25, 0.3) is 0 Å². The van der Waals surface area contributed by atoms with Crippen molar-refractivity contribution in [2.24, 2.45) is 5.92 Å². The summed E-state index contributed by atoms with van der Waals surface area (Å²) in [6.45, 7) is 4.90. The molecule has 0 aliphatic heterocycles. The first-order valence-electron chi connectivity index (χ1n) is 6.09. The molecule has 0 atom stereocenters. The smallest absolute Gasteiger partial charge is 0.223 e. The Kier molecular flexibility index (Phi) is 3.32. The number of aromatic nitrogens is 1. The molecule has 1 heterocycles. The monoisotopic (exact) mass is 220 g/mol. The van der Waals surface area contributed by atoms with Crippen molar-refractivity contribution in [1.82, 2.24) is 10.3 Å². The quantitative estimate of drug-likeness (QED) is 0.801. The molecule has 0 radical (unpaired) electrons. The van der Waals surface area contributed by atoms with Gasteiger partial charge in [0, 0.05) is 23.9 Å². The van der Waals surface area contributed by atoms with Crippen LogP contribution in [-0.4, -0.2) is 17.4 Å². The Labute approximate surface area is 96.6 Å². The predicted octanol–water partition coefficient (Wildman–Crippen LogP) is 2.09. The van der Waals surface area contributed by atoms with E-state index < -0.39 is 0 Å². The van der Waals surface area contributed by atoms with Gasteiger partial charge in [0.25, 0.3) is 0 Å². The molecular weight excluding hydrogens is 200 g/mol. The molecule has 1 aliphatic carbocycles. The molecule has 0 bridgehead atoms. The average Bonchev–Trinajstić information content (AvgIpc) is 2.42. The fourth-order valence-corrected chi connectivity index (χ4v) is 2.18. The summed E-state index contributed by atoms with van der Waals surface area (Å²) in [7, 11) is 0. The standard InChI is InChI=1S/C13H20N2O/c1-9-8-12(10(2)15-9)6-7-14-13(16)11-4-3-5-11/h8,11,15H,3-7H2,1-2H3,(H,14,16). The molecule has 1 aromatic heterocycles. The van der Waals surface area contributed by atoms with Gasteiger partial charge in [-0.25, -0.2) is 0 Å². The number of nitrogens with one attached hydrogen (secondary N) is 2. The highest BCUT2D eigenvalue weighted by Gasteiger charge is 2.24. The third kappa shape index (κ3) is 2.46. The number of aryl methyl sites for hydroxylation is 2. The molecule has 1 saturated carbocycles. The SMILES string of the molecule is Cc1cc(CCNC(=O)C2CCC2)c(C)[nH]1. The Bertz CT molecular complexity index is 377. The summed E-state index contributed by atoms with van der Waals surface area (Å²) in [6, 6.07) is 2.16. The van der Waals surface area contributed by atoms with Crippen LogP contribution in [0.1, 0.15) is 36.2 Å². The first-order chi connectivity index (χ1) is 7.66. The minimum Gasteiger partial charge on any atom is -0.362 e. The summed E-state index contributed by atoms with van der Waals surface area (Å²) in [4.78, 5) is 14.9. The van der Waals surface area contributed by atoms with Crippen molar-refractivity contribution in [3.63, 3.8) is 0 Å².